The molecule has 0 radical (unpaired) electrons. The predicted molar refractivity (Wildman–Crippen MR) is 79.9 cm³/mol. The van der Waals surface area contributed by atoms with Crippen molar-refractivity contribution in [2.75, 3.05) is 20.1 Å². The highest BCUT2D eigenvalue weighted by Gasteiger charge is 2.17. The van der Waals surface area contributed by atoms with E-state index in [1.54, 1.807) is 0 Å². The minimum atomic E-state index is 0.324. The van der Waals surface area contributed by atoms with Crippen LogP contribution in [0.2, 0.25) is 5.02 Å². The third-order valence-corrected chi connectivity index (χ3v) is 3.94. The van der Waals surface area contributed by atoms with E-state index in [2.05, 4.69) is 31.9 Å². The fraction of sp³-hybridized carbons (Fsp3) is 0.600. The Kier molecular flexibility index (Phi) is 6.69. The molecule has 0 saturated heterocycles. The van der Waals surface area contributed by atoms with E-state index >= 15 is 0 Å². The fourth-order valence-electron chi connectivity index (χ4n) is 2.31. The maximum atomic E-state index is 6.24. The molecule has 0 spiro atoms. The third kappa shape index (κ3) is 4.27. The van der Waals surface area contributed by atoms with Crippen LogP contribution in [-0.4, -0.2) is 25.0 Å². The van der Waals surface area contributed by atoms with Gasteiger partial charge in [-0.25, -0.2) is 0 Å². The SMILES string of the molecule is CCCC(CN)CN(C)C(C)c1ccccc1Cl. The van der Waals surface area contributed by atoms with Crippen molar-refractivity contribution in [1.82, 2.24) is 4.90 Å². The largest absolute Gasteiger partial charge is 0.330 e. The summed E-state index contributed by atoms with van der Waals surface area (Å²) in [6.45, 7) is 6.19. The van der Waals surface area contributed by atoms with Crippen molar-refractivity contribution in [2.45, 2.75) is 32.7 Å². The molecule has 0 amide bonds. The van der Waals surface area contributed by atoms with Gasteiger partial charge in [0.25, 0.3) is 0 Å². The summed E-state index contributed by atoms with van der Waals surface area (Å²) in [6, 6.07) is 8.38. The molecule has 18 heavy (non-hydrogen) atoms. The first-order valence-electron chi connectivity index (χ1n) is 6.74. The molecule has 1 aromatic carbocycles. The van der Waals surface area contributed by atoms with Crippen molar-refractivity contribution in [3.05, 3.63) is 34.9 Å². The Morgan fingerprint density at radius 1 is 1.33 bits per heavy atom. The van der Waals surface area contributed by atoms with Crippen LogP contribution in [0.25, 0.3) is 0 Å². The van der Waals surface area contributed by atoms with Gasteiger partial charge in [-0.1, -0.05) is 43.1 Å². The van der Waals surface area contributed by atoms with E-state index in [-0.39, 0.29) is 0 Å². The van der Waals surface area contributed by atoms with Crippen molar-refractivity contribution in [2.24, 2.45) is 11.7 Å². The molecule has 0 aliphatic heterocycles. The first-order valence-corrected chi connectivity index (χ1v) is 7.12. The molecule has 2 atom stereocenters. The van der Waals surface area contributed by atoms with Crippen LogP contribution in [0.1, 0.15) is 38.3 Å². The van der Waals surface area contributed by atoms with Gasteiger partial charge in [0.15, 0.2) is 0 Å². The summed E-state index contributed by atoms with van der Waals surface area (Å²) in [5.41, 5.74) is 7.01. The molecular formula is C15H25ClN2. The van der Waals surface area contributed by atoms with E-state index in [1.807, 2.05) is 18.2 Å². The van der Waals surface area contributed by atoms with Gasteiger partial charge in [0.2, 0.25) is 0 Å². The summed E-state index contributed by atoms with van der Waals surface area (Å²) < 4.78 is 0. The van der Waals surface area contributed by atoms with E-state index in [0.717, 1.165) is 18.1 Å². The van der Waals surface area contributed by atoms with Crippen molar-refractivity contribution >= 4 is 11.6 Å². The summed E-state index contributed by atoms with van der Waals surface area (Å²) in [7, 11) is 2.15. The van der Waals surface area contributed by atoms with E-state index < -0.39 is 0 Å². The highest BCUT2D eigenvalue weighted by atomic mass is 35.5. The number of nitrogens with two attached hydrogens (primary N) is 1. The summed E-state index contributed by atoms with van der Waals surface area (Å²) in [5.74, 6) is 0.574. The molecule has 1 aromatic rings. The lowest BCUT2D eigenvalue weighted by Gasteiger charge is -2.29. The van der Waals surface area contributed by atoms with E-state index in [4.69, 9.17) is 17.3 Å². The molecule has 0 saturated carbocycles. The van der Waals surface area contributed by atoms with Crippen LogP contribution in [0.4, 0.5) is 0 Å². The molecule has 0 fully saturated rings. The number of rotatable bonds is 7. The zero-order valence-electron chi connectivity index (χ0n) is 11.7. The van der Waals surface area contributed by atoms with Crippen LogP contribution >= 0.6 is 11.6 Å². The van der Waals surface area contributed by atoms with Crippen LogP contribution in [0, 0.1) is 5.92 Å². The molecule has 1 rings (SSSR count). The second kappa shape index (κ2) is 7.78. The van der Waals surface area contributed by atoms with E-state index in [9.17, 15) is 0 Å². The van der Waals surface area contributed by atoms with Gasteiger partial charge in [-0.2, -0.15) is 0 Å². The zero-order chi connectivity index (χ0) is 13.5. The van der Waals surface area contributed by atoms with E-state index in [1.165, 1.54) is 18.4 Å². The molecule has 2 N–H and O–H groups in total. The third-order valence-electron chi connectivity index (χ3n) is 3.59. The molecule has 0 aliphatic rings. The normalized spacial score (nSPS) is 14.8. The smallest absolute Gasteiger partial charge is 0.0453 e. The predicted octanol–water partition coefficient (Wildman–Crippen LogP) is 3.71. The van der Waals surface area contributed by atoms with Crippen LogP contribution in [0.15, 0.2) is 24.3 Å². The minimum Gasteiger partial charge on any atom is -0.330 e. The molecule has 0 aromatic heterocycles. The lowest BCUT2D eigenvalue weighted by atomic mass is 10.0. The molecule has 102 valence electrons. The first kappa shape index (κ1) is 15.5. The molecular weight excluding hydrogens is 244 g/mol. The van der Waals surface area contributed by atoms with Crippen LogP contribution in [-0.2, 0) is 0 Å². The Hall–Kier alpha value is -0.570. The average Bonchev–Trinajstić information content (AvgIpc) is 2.37. The Bertz CT molecular complexity index is 354. The summed E-state index contributed by atoms with van der Waals surface area (Å²) in [5, 5.41) is 0.844. The summed E-state index contributed by atoms with van der Waals surface area (Å²) >= 11 is 6.24. The number of hydrogen-bond donors (Lipinski definition) is 1. The molecule has 2 nitrogen and oxygen atoms in total. The summed E-state index contributed by atoms with van der Waals surface area (Å²) in [6.07, 6.45) is 2.38. The lowest BCUT2D eigenvalue weighted by molar-refractivity contribution is 0.216. The number of hydrogen-bond acceptors (Lipinski definition) is 2. The van der Waals surface area contributed by atoms with Crippen LogP contribution < -0.4 is 5.73 Å². The van der Waals surface area contributed by atoms with Crippen molar-refractivity contribution in [1.29, 1.82) is 0 Å². The molecule has 3 heteroatoms. The average molecular weight is 269 g/mol. The van der Waals surface area contributed by atoms with Gasteiger partial charge >= 0.3 is 0 Å². The first-order chi connectivity index (χ1) is 8.60. The molecule has 0 bridgehead atoms. The number of nitrogens with zero attached hydrogens (tertiary/aromatic N) is 1. The van der Waals surface area contributed by atoms with Gasteiger partial charge in [-0.3, -0.25) is 4.90 Å². The Morgan fingerprint density at radius 3 is 2.56 bits per heavy atom. The second-order valence-corrected chi connectivity index (χ2v) is 5.43. The minimum absolute atomic E-state index is 0.324. The Labute approximate surface area is 116 Å². The lowest BCUT2D eigenvalue weighted by Crippen LogP contribution is -2.32. The van der Waals surface area contributed by atoms with Gasteiger partial charge in [0.1, 0.15) is 0 Å². The van der Waals surface area contributed by atoms with Crippen LogP contribution in [0.5, 0.6) is 0 Å². The van der Waals surface area contributed by atoms with E-state index in [0.29, 0.717) is 12.0 Å². The van der Waals surface area contributed by atoms with Gasteiger partial charge in [0, 0.05) is 17.6 Å². The Balaban J connectivity index is 2.66. The van der Waals surface area contributed by atoms with Gasteiger partial charge in [-0.05, 0) is 44.5 Å². The van der Waals surface area contributed by atoms with Crippen molar-refractivity contribution in [3.63, 3.8) is 0 Å². The second-order valence-electron chi connectivity index (χ2n) is 5.03. The molecule has 0 aliphatic carbocycles. The fourth-order valence-corrected chi connectivity index (χ4v) is 2.60. The molecule has 2 unspecified atom stereocenters. The quantitative estimate of drug-likeness (QED) is 0.817. The molecule has 0 heterocycles. The highest BCUT2D eigenvalue weighted by Crippen LogP contribution is 2.26. The topological polar surface area (TPSA) is 29.3 Å². The number of benzene rings is 1. The van der Waals surface area contributed by atoms with Gasteiger partial charge in [-0.15, -0.1) is 0 Å². The zero-order valence-corrected chi connectivity index (χ0v) is 12.5. The highest BCUT2D eigenvalue weighted by molar-refractivity contribution is 6.31. The van der Waals surface area contributed by atoms with Crippen molar-refractivity contribution < 1.29 is 0 Å². The standard InChI is InChI=1S/C15H25ClN2/c1-4-7-13(10-17)11-18(3)12(2)14-8-5-6-9-15(14)16/h5-6,8-9,12-13H,4,7,10-11,17H2,1-3H3. The van der Waals surface area contributed by atoms with Crippen LogP contribution in [0.3, 0.4) is 0 Å². The van der Waals surface area contributed by atoms with Gasteiger partial charge in [0.05, 0.1) is 0 Å². The maximum absolute atomic E-state index is 6.24. The Morgan fingerprint density at radius 2 is 2.00 bits per heavy atom. The maximum Gasteiger partial charge on any atom is 0.0453 e. The monoisotopic (exact) mass is 268 g/mol. The summed E-state index contributed by atoms with van der Waals surface area (Å²) in [4.78, 5) is 2.34. The number of halogens is 1. The van der Waals surface area contributed by atoms with Gasteiger partial charge < -0.3 is 5.73 Å². The van der Waals surface area contributed by atoms with Crippen molar-refractivity contribution in [3.8, 4) is 0 Å².